The first-order chi connectivity index (χ1) is 16.5. The van der Waals surface area contributed by atoms with Gasteiger partial charge in [-0.3, -0.25) is 0 Å². The lowest BCUT2D eigenvalue weighted by atomic mass is 10.0. The Balaban J connectivity index is 1.80. The molecule has 0 fully saturated rings. The highest BCUT2D eigenvalue weighted by Gasteiger charge is 2.14. The number of nitrogens with zero attached hydrogens (tertiary/aromatic N) is 2. The van der Waals surface area contributed by atoms with Crippen LogP contribution in [-0.2, 0) is 0 Å². The van der Waals surface area contributed by atoms with Crippen molar-refractivity contribution >= 4 is 68.0 Å². The van der Waals surface area contributed by atoms with E-state index in [9.17, 15) is 5.26 Å². The number of methoxy groups -OCH3 is 2. The van der Waals surface area contributed by atoms with E-state index in [2.05, 4.69) is 11.4 Å². The smallest absolute Gasteiger partial charge is 0.161 e. The Labute approximate surface area is 211 Å². The summed E-state index contributed by atoms with van der Waals surface area (Å²) in [5.41, 5.74) is 1.58. The van der Waals surface area contributed by atoms with Crippen LogP contribution in [0.4, 0.5) is 11.5 Å². The van der Waals surface area contributed by atoms with Crippen LogP contribution in [0.3, 0.4) is 0 Å². The Kier molecular flexibility index (Phi) is 7.38. The number of pyridine rings is 1. The largest absolute Gasteiger partial charge is 0.495 e. The highest BCUT2D eigenvalue weighted by Crippen LogP contribution is 2.38. The number of ether oxygens (including phenoxy) is 3. The van der Waals surface area contributed by atoms with E-state index in [1.54, 1.807) is 25.3 Å². The van der Waals surface area contributed by atoms with Crippen molar-refractivity contribution < 1.29 is 14.2 Å². The molecule has 4 aromatic rings. The minimum absolute atomic E-state index is 0.366. The van der Waals surface area contributed by atoms with Crippen LogP contribution in [0, 0.1) is 11.3 Å². The number of fused-ring (bicyclic) bond motifs is 2. The van der Waals surface area contributed by atoms with E-state index in [1.165, 1.54) is 7.11 Å². The van der Waals surface area contributed by atoms with E-state index in [1.807, 2.05) is 24.3 Å². The van der Waals surface area contributed by atoms with Crippen molar-refractivity contribution in [3.05, 3.63) is 58.1 Å². The molecule has 9 heteroatoms. The second-order valence-electron chi connectivity index (χ2n) is 7.37. The monoisotopic (exact) mass is 515 g/mol. The lowest BCUT2D eigenvalue weighted by Gasteiger charge is -2.14. The summed E-state index contributed by atoms with van der Waals surface area (Å²) in [6.45, 7) is 0.488. The maximum atomic E-state index is 9.75. The molecule has 1 heterocycles. The average molecular weight is 517 g/mol. The normalized spacial score (nSPS) is 10.8. The molecule has 0 bridgehead atoms. The van der Waals surface area contributed by atoms with Crippen molar-refractivity contribution in [2.45, 2.75) is 6.42 Å². The second-order valence-corrected chi connectivity index (χ2v) is 8.57. The van der Waals surface area contributed by atoms with Crippen LogP contribution in [0.1, 0.15) is 12.0 Å². The minimum atomic E-state index is 0.366. The van der Waals surface area contributed by atoms with E-state index >= 15 is 0 Å². The summed E-state index contributed by atoms with van der Waals surface area (Å²) in [7, 11) is 3.11. The summed E-state index contributed by atoms with van der Waals surface area (Å²) in [6.07, 6.45) is 0.728. The van der Waals surface area contributed by atoms with Crippen molar-refractivity contribution in [3.63, 3.8) is 0 Å². The van der Waals surface area contributed by atoms with Gasteiger partial charge in [0.05, 0.1) is 47.6 Å². The number of hydrogen-bond donors (Lipinski definition) is 1. The number of halogens is 3. The molecule has 0 aliphatic heterocycles. The van der Waals surface area contributed by atoms with Gasteiger partial charge in [-0.25, -0.2) is 4.98 Å². The number of nitrogens with one attached hydrogen (secondary N) is 1. The number of alkyl halides is 1. The SMILES string of the molecule is COc1cc(Nc2nc3cc4cc(OCCCCl)c(OC)cc4cc3cc2C#N)c(Cl)cc1Cl. The van der Waals surface area contributed by atoms with Crippen LogP contribution in [0.5, 0.6) is 17.2 Å². The van der Waals surface area contributed by atoms with E-state index < -0.39 is 0 Å². The third-order valence-electron chi connectivity index (χ3n) is 5.21. The van der Waals surface area contributed by atoms with Gasteiger partial charge < -0.3 is 19.5 Å². The zero-order chi connectivity index (χ0) is 24.2. The molecule has 4 rings (SSSR count). The third-order valence-corrected chi connectivity index (χ3v) is 6.08. The lowest BCUT2D eigenvalue weighted by molar-refractivity contribution is 0.295. The molecule has 1 aromatic heterocycles. The Morgan fingerprint density at radius 1 is 0.882 bits per heavy atom. The van der Waals surface area contributed by atoms with Gasteiger partial charge in [-0.15, -0.1) is 11.6 Å². The predicted octanol–water partition coefficient (Wildman–Crippen LogP) is 7.33. The van der Waals surface area contributed by atoms with E-state index in [0.717, 1.165) is 22.6 Å². The van der Waals surface area contributed by atoms with Gasteiger partial charge in [-0.1, -0.05) is 23.2 Å². The van der Waals surface area contributed by atoms with Crippen molar-refractivity contribution in [2.24, 2.45) is 0 Å². The molecule has 1 N–H and O–H groups in total. The van der Waals surface area contributed by atoms with Gasteiger partial charge in [-0.05, 0) is 53.6 Å². The summed E-state index contributed by atoms with van der Waals surface area (Å²) in [4.78, 5) is 4.70. The standard InChI is InChI=1S/C25H20Cl3N3O3/c1-32-22-12-21(18(27)11-19(22)28)31-25-17(13-29)7-16-6-14-9-23(33-2)24(34-5-3-4-26)10-15(14)8-20(16)30-25/h6-12H,3-5H2,1-2H3,(H,30,31). The maximum absolute atomic E-state index is 9.75. The Bertz CT molecular complexity index is 1420. The van der Waals surface area contributed by atoms with Crippen LogP contribution in [0.15, 0.2) is 42.5 Å². The van der Waals surface area contributed by atoms with E-state index in [4.69, 9.17) is 54.0 Å². The van der Waals surface area contributed by atoms with Crippen LogP contribution in [-0.4, -0.2) is 31.7 Å². The molecular formula is C25H20Cl3N3O3. The highest BCUT2D eigenvalue weighted by atomic mass is 35.5. The molecule has 0 saturated carbocycles. The quantitative estimate of drug-likeness (QED) is 0.150. The van der Waals surface area contributed by atoms with Crippen LogP contribution in [0.2, 0.25) is 10.0 Å². The van der Waals surface area contributed by atoms with Crippen molar-refractivity contribution in [3.8, 4) is 23.3 Å². The van der Waals surface area contributed by atoms with Gasteiger partial charge in [0.2, 0.25) is 0 Å². The fraction of sp³-hybridized carbons (Fsp3) is 0.200. The first-order valence-electron chi connectivity index (χ1n) is 10.3. The third kappa shape index (κ3) is 4.88. The zero-order valence-corrected chi connectivity index (χ0v) is 20.7. The lowest BCUT2D eigenvalue weighted by Crippen LogP contribution is -2.00. The molecule has 0 amide bonds. The molecule has 0 saturated heterocycles. The number of anilines is 2. The predicted molar refractivity (Wildman–Crippen MR) is 138 cm³/mol. The van der Waals surface area contributed by atoms with Gasteiger partial charge in [0.15, 0.2) is 11.5 Å². The summed E-state index contributed by atoms with van der Waals surface area (Å²) in [6, 6.07) is 14.9. The first-order valence-corrected chi connectivity index (χ1v) is 11.6. The van der Waals surface area contributed by atoms with Gasteiger partial charge >= 0.3 is 0 Å². The summed E-state index contributed by atoms with van der Waals surface area (Å²) in [5, 5.41) is 16.3. The van der Waals surface area contributed by atoms with Gasteiger partial charge in [-0.2, -0.15) is 5.26 Å². The molecule has 34 heavy (non-hydrogen) atoms. The van der Waals surface area contributed by atoms with Crippen LogP contribution < -0.4 is 19.5 Å². The van der Waals surface area contributed by atoms with Gasteiger partial charge in [0.1, 0.15) is 17.6 Å². The maximum Gasteiger partial charge on any atom is 0.161 e. The van der Waals surface area contributed by atoms with Gasteiger partial charge in [0, 0.05) is 17.3 Å². The molecule has 0 atom stereocenters. The zero-order valence-electron chi connectivity index (χ0n) is 18.4. The fourth-order valence-electron chi connectivity index (χ4n) is 3.53. The molecule has 0 unspecified atom stereocenters. The fourth-order valence-corrected chi connectivity index (χ4v) is 4.15. The van der Waals surface area contributed by atoms with Crippen LogP contribution in [0.25, 0.3) is 21.7 Å². The molecule has 6 nitrogen and oxygen atoms in total. The number of hydrogen-bond acceptors (Lipinski definition) is 6. The molecule has 0 radical (unpaired) electrons. The topological polar surface area (TPSA) is 76.4 Å². The average Bonchev–Trinajstić information content (AvgIpc) is 2.83. The van der Waals surface area contributed by atoms with Crippen molar-refractivity contribution in [2.75, 3.05) is 32.0 Å². The second kappa shape index (κ2) is 10.4. The molecule has 0 spiro atoms. The molecule has 0 aliphatic rings. The number of benzene rings is 3. The van der Waals surface area contributed by atoms with E-state index in [-0.39, 0.29) is 0 Å². The van der Waals surface area contributed by atoms with Crippen molar-refractivity contribution in [1.82, 2.24) is 4.98 Å². The summed E-state index contributed by atoms with van der Waals surface area (Å²) in [5.74, 6) is 2.60. The van der Waals surface area contributed by atoms with Crippen LogP contribution >= 0.6 is 34.8 Å². The molecule has 3 aromatic carbocycles. The summed E-state index contributed by atoms with van der Waals surface area (Å²) < 4.78 is 16.6. The number of aromatic nitrogens is 1. The van der Waals surface area contributed by atoms with Crippen molar-refractivity contribution in [1.29, 1.82) is 5.26 Å². The first kappa shape index (κ1) is 24.0. The number of nitriles is 1. The summed E-state index contributed by atoms with van der Waals surface area (Å²) >= 11 is 18.3. The Morgan fingerprint density at radius 2 is 1.62 bits per heavy atom. The Hall–Kier alpha value is -3.11. The minimum Gasteiger partial charge on any atom is -0.495 e. The Morgan fingerprint density at radius 3 is 2.32 bits per heavy atom. The molecule has 0 aliphatic carbocycles. The molecule has 174 valence electrons. The molecular weight excluding hydrogens is 497 g/mol. The highest BCUT2D eigenvalue weighted by molar-refractivity contribution is 6.37. The van der Waals surface area contributed by atoms with E-state index in [0.29, 0.717) is 62.4 Å². The van der Waals surface area contributed by atoms with Gasteiger partial charge in [0.25, 0.3) is 0 Å². The number of rotatable bonds is 8.